The summed E-state index contributed by atoms with van der Waals surface area (Å²) < 4.78 is 11.4. The summed E-state index contributed by atoms with van der Waals surface area (Å²) in [6, 6.07) is 16.6. The average Bonchev–Trinajstić information content (AvgIpc) is 3.56. The van der Waals surface area contributed by atoms with Crippen molar-refractivity contribution in [1.82, 2.24) is 14.9 Å². The summed E-state index contributed by atoms with van der Waals surface area (Å²) in [5, 5.41) is 8.23. The summed E-state index contributed by atoms with van der Waals surface area (Å²) in [5.74, 6) is 1.60. The number of benzene rings is 2. The Labute approximate surface area is 252 Å². The average molecular weight is 586 g/mol. The maximum Gasteiger partial charge on any atom is 0.247 e. The van der Waals surface area contributed by atoms with Gasteiger partial charge in [-0.05, 0) is 30.5 Å². The molecule has 0 saturated carbocycles. The molecule has 3 saturated heterocycles. The molecule has 0 aliphatic carbocycles. The second-order valence-corrected chi connectivity index (χ2v) is 10.9. The van der Waals surface area contributed by atoms with E-state index in [1.54, 1.807) is 7.11 Å². The molecule has 1 amide bonds. The van der Waals surface area contributed by atoms with Crippen molar-refractivity contribution in [1.29, 1.82) is 0 Å². The van der Waals surface area contributed by atoms with Gasteiger partial charge in [0.1, 0.15) is 17.9 Å². The zero-order chi connectivity index (χ0) is 29.6. The first kappa shape index (κ1) is 28.9. The summed E-state index contributed by atoms with van der Waals surface area (Å²) in [4.78, 5) is 32.3. The Balaban J connectivity index is 1.23. The van der Waals surface area contributed by atoms with Crippen LogP contribution in [0.5, 0.6) is 5.75 Å². The number of ether oxygens (including phenoxy) is 2. The van der Waals surface area contributed by atoms with Crippen LogP contribution in [0.3, 0.4) is 0 Å². The molecule has 3 fully saturated rings. The summed E-state index contributed by atoms with van der Waals surface area (Å²) in [6.07, 6.45) is 5.75. The van der Waals surface area contributed by atoms with E-state index in [0.29, 0.717) is 41.4 Å². The molecule has 4 heterocycles. The number of nitrogens with zero attached hydrogens (tertiary/aromatic N) is 5. The van der Waals surface area contributed by atoms with Crippen molar-refractivity contribution in [2.45, 2.75) is 31.3 Å². The fourth-order valence-electron chi connectivity index (χ4n) is 6.14. The van der Waals surface area contributed by atoms with E-state index in [1.807, 2.05) is 41.5 Å². The predicted octanol–water partition coefficient (Wildman–Crippen LogP) is 4.54. The smallest absolute Gasteiger partial charge is 0.247 e. The number of hydrogen-bond donors (Lipinski definition) is 2. The highest BCUT2D eigenvalue weighted by atomic mass is 16.7. The van der Waals surface area contributed by atoms with Gasteiger partial charge in [0.05, 0.1) is 50.0 Å². The van der Waals surface area contributed by atoms with Crippen molar-refractivity contribution in [2.24, 2.45) is 0 Å². The van der Waals surface area contributed by atoms with Gasteiger partial charge in [0.2, 0.25) is 5.91 Å². The number of nitrogens with one attached hydrogen (secondary N) is 2. The molecule has 11 nitrogen and oxygen atoms in total. The Hall–Kier alpha value is -4.19. The van der Waals surface area contributed by atoms with E-state index in [-0.39, 0.29) is 11.9 Å². The van der Waals surface area contributed by atoms with Crippen molar-refractivity contribution < 1.29 is 19.1 Å². The summed E-state index contributed by atoms with van der Waals surface area (Å²) in [7, 11) is 1.64. The third kappa shape index (κ3) is 6.58. The maximum atomic E-state index is 12.5. The highest BCUT2D eigenvalue weighted by Crippen LogP contribution is 2.40. The van der Waals surface area contributed by atoms with Crippen LogP contribution >= 0.6 is 0 Å². The molecule has 0 spiro atoms. The van der Waals surface area contributed by atoms with Gasteiger partial charge in [0.15, 0.2) is 5.82 Å². The first-order chi connectivity index (χ1) is 21.1. The van der Waals surface area contributed by atoms with E-state index in [1.165, 1.54) is 18.0 Å². The van der Waals surface area contributed by atoms with Gasteiger partial charge in [-0.25, -0.2) is 15.0 Å². The van der Waals surface area contributed by atoms with Crippen LogP contribution < -0.4 is 25.3 Å². The minimum absolute atomic E-state index is 0.0610. The number of rotatable bonds is 9. The quantitative estimate of drug-likeness (QED) is 0.348. The summed E-state index contributed by atoms with van der Waals surface area (Å²) >= 11 is 0. The second-order valence-electron chi connectivity index (χ2n) is 10.9. The number of aromatic nitrogens is 2. The largest absolute Gasteiger partial charge is 0.494 e. The number of hydrogen-bond acceptors (Lipinski definition) is 10. The monoisotopic (exact) mass is 585 g/mol. The highest BCUT2D eigenvalue weighted by Gasteiger charge is 2.30. The van der Waals surface area contributed by atoms with Crippen LogP contribution in [0.2, 0.25) is 0 Å². The number of amides is 1. The highest BCUT2D eigenvalue weighted by molar-refractivity contribution is 6.02. The first-order valence-electron chi connectivity index (χ1n) is 14.9. The molecule has 0 unspecified atom stereocenters. The topological polar surface area (TPSA) is 104 Å². The van der Waals surface area contributed by atoms with Crippen LogP contribution in [-0.4, -0.2) is 79.9 Å². The molecule has 0 radical (unpaired) electrons. The van der Waals surface area contributed by atoms with E-state index in [9.17, 15) is 4.79 Å². The van der Waals surface area contributed by atoms with Crippen LogP contribution in [0.25, 0.3) is 0 Å². The molecule has 1 atom stereocenters. The van der Waals surface area contributed by atoms with E-state index >= 15 is 0 Å². The molecule has 3 aliphatic heterocycles. The lowest BCUT2D eigenvalue weighted by Gasteiger charge is -2.41. The molecular formula is C32H39N7O4. The number of morpholine rings is 1. The van der Waals surface area contributed by atoms with Crippen molar-refractivity contribution in [3.05, 3.63) is 73.1 Å². The third-order valence-corrected chi connectivity index (χ3v) is 8.36. The lowest BCUT2D eigenvalue weighted by molar-refractivity contribution is -0.111. The first-order valence-corrected chi connectivity index (χ1v) is 14.9. The Morgan fingerprint density at radius 3 is 2.53 bits per heavy atom. The van der Waals surface area contributed by atoms with Gasteiger partial charge >= 0.3 is 0 Å². The van der Waals surface area contributed by atoms with Crippen LogP contribution in [0.15, 0.2) is 67.5 Å². The van der Waals surface area contributed by atoms with Crippen molar-refractivity contribution >= 4 is 34.6 Å². The lowest BCUT2D eigenvalue weighted by atomic mass is 10.0. The van der Waals surface area contributed by atoms with Crippen molar-refractivity contribution in [2.75, 3.05) is 73.7 Å². The molecule has 2 N–H and O–H groups in total. The second kappa shape index (κ2) is 13.4. The number of anilines is 5. The molecule has 2 aromatic carbocycles. The Morgan fingerprint density at radius 1 is 1.00 bits per heavy atom. The Bertz CT molecular complexity index is 1410. The van der Waals surface area contributed by atoms with Gasteiger partial charge in [-0.1, -0.05) is 36.9 Å². The number of hydroxylamine groups is 1. The number of carbonyl (C=O) groups excluding carboxylic acids is 1. The molecular weight excluding hydrogens is 546 g/mol. The summed E-state index contributed by atoms with van der Waals surface area (Å²) in [5.41, 5.74) is 3.43. The molecule has 0 bridgehead atoms. The molecule has 226 valence electrons. The van der Waals surface area contributed by atoms with Crippen LogP contribution in [-0.2, 0) is 14.4 Å². The molecule has 6 rings (SSSR count). The minimum atomic E-state index is -0.275. The zero-order valence-electron chi connectivity index (χ0n) is 24.6. The van der Waals surface area contributed by atoms with Crippen LogP contribution in [0.4, 0.5) is 28.7 Å². The molecule has 1 aromatic heterocycles. The fraction of sp³-hybridized carbons (Fsp3) is 0.406. The van der Waals surface area contributed by atoms with Gasteiger partial charge in [-0.15, -0.1) is 0 Å². The predicted molar refractivity (Wildman–Crippen MR) is 167 cm³/mol. The summed E-state index contributed by atoms with van der Waals surface area (Å²) in [6.45, 7) is 9.59. The Kier molecular flexibility index (Phi) is 9.01. The van der Waals surface area contributed by atoms with E-state index < -0.39 is 0 Å². The zero-order valence-corrected chi connectivity index (χ0v) is 24.6. The third-order valence-electron chi connectivity index (χ3n) is 8.36. The molecule has 11 heteroatoms. The van der Waals surface area contributed by atoms with E-state index in [2.05, 4.69) is 49.1 Å². The van der Waals surface area contributed by atoms with Gasteiger partial charge in [-0.3, -0.25) is 14.5 Å². The number of carbonyl (C=O) groups is 1. The molecule has 3 aromatic rings. The van der Waals surface area contributed by atoms with Crippen molar-refractivity contribution in [3.8, 4) is 5.75 Å². The molecule has 43 heavy (non-hydrogen) atoms. The lowest BCUT2D eigenvalue weighted by Crippen LogP contribution is -2.49. The minimum Gasteiger partial charge on any atom is -0.494 e. The molecule has 3 aliphatic rings. The normalized spacial score (nSPS) is 19.7. The van der Waals surface area contributed by atoms with E-state index in [0.717, 1.165) is 64.3 Å². The maximum absolute atomic E-state index is 12.5. The van der Waals surface area contributed by atoms with Crippen LogP contribution in [0, 0.1) is 0 Å². The fourth-order valence-corrected chi connectivity index (χ4v) is 6.14. The van der Waals surface area contributed by atoms with Crippen molar-refractivity contribution in [3.63, 3.8) is 0 Å². The SMILES string of the molecule is C=CC(=O)Nc1cc(Nc2cc(N3OCC[C@@H]3c3ccccc3)ncn2)c(OC)cc1N1CCC(N2CCOCC2)CC1. The number of methoxy groups -OCH3 is 1. The van der Waals surface area contributed by atoms with Gasteiger partial charge in [0.25, 0.3) is 0 Å². The van der Waals surface area contributed by atoms with Gasteiger partial charge in [-0.2, -0.15) is 0 Å². The van der Waals surface area contributed by atoms with Gasteiger partial charge in [0, 0.05) is 50.8 Å². The van der Waals surface area contributed by atoms with Gasteiger partial charge < -0.3 is 25.0 Å². The number of piperidine rings is 1. The van der Waals surface area contributed by atoms with E-state index in [4.69, 9.17) is 14.3 Å². The van der Waals surface area contributed by atoms with Crippen LogP contribution in [0.1, 0.15) is 30.9 Å². The Morgan fingerprint density at radius 2 is 1.79 bits per heavy atom. The standard InChI is InChI=1S/C32H39N7O4/c1-3-32(40)36-25-19-26(29(41-2)20-28(25)38-12-9-24(10-13-38)37-14-17-42-18-15-37)35-30-21-31(34-22-33-30)39-27(11-16-43-39)23-7-5-4-6-8-23/h3-8,19-22,24,27H,1,9-18H2,2H3,(H,36,40)(H,33,34,35)/t27-/m1/s1.